The fourth-order valence-electron chi connectivity index (χ4n) is 4.87. The van der Waals surface area contributed by atoms with Crippen LogP contribution in [0, 0.1) is 16.0 Å². The number of nitrogen functional groups attached to an aromatic ring is 1. The maximum atomic E-state index is 13.3. The number of nitrogens with zero attached hydrogens (tertiary/aromatic N) is 3. The molecule has 8 nitrogen and oxygen atoms in total. The van der Waals surface area contributed by atoms with Gasteiger partial charge in [0.05, 0.1) is 16.5 Å². The summed E-state index contributed by atoms with van der Waals surface area (Å²) in [5.41, 5.74) is 6.23. The third kappa shape index (κ3) is 2.13. The lowest BCUT2D eigenvalue weighted by molar-refractivity contribution is -0.383. The number of hydrogen-bond donors (Lipinski definition) is 1. The number of carbonyl (C=O) groups excluding carboxylic acids is 2. The van der Waals surface area contributed by atoms with Gasteiger partial charge in [-0.05, 0) is 37.9 Å². The number of anilines is 1. The van der Waals surface area contributed by atoms with Gasteiger partial charge in [-0.25, -0.2) is 0 Å². The number of imide groups is 1. The Labute approximate surface area is 154 Å². The minimum Gasteiger partial charge on any atom is -0.393 e. The number of nitro benzene ring substituents is 1. The van der Waals surface area contributed by atoms with Crippen LogP contribution >= 0.6 is 0 Å². The first-order valence-corrected chi connectivity index (χ1v) is 9.07. The van der Waals surface area contributed by atoms with Crippen molar-refractivity contribution in [1.82, 2.24) is 9.80 Å². The first-order valence-electron chi connectivity index (χ1n) is 9.07. The van der Waals surface area contributed by atoms with Gasteiger partial charge in [0.2, 0.25) is 0 Å². The molecule has 8 heteroatoms. The number of piperidine rings is 3. The van der Waals surface area contributed by atoms with E-state index < -0.39 is 10.8 Å². The number of amides is 2. The Kier molecular flexibility index (Phi) is 3.30. The van der Waals surface area contributed by atoms with E-state index in [2.05, 4.69) is 4.90 Å². The number of fused-ring (bicyclic) bond motifs is 3. The summed E-state index contributed by atoms with van der Waals surface area (Å²) in [6.07, 6.45) is 1.92. The summed E-state index contributed by atoms with van der Waals surface area (Å²) in [4.78, 5) is 41.0. The molecule has 3 saturated heterocycles. The molecule has 0 aromatic heterocycles. The van der Waals surface area contributed by atoms with Crippen molar-refractivity contribution in [2.75, 3.05) is 25.4 Å². The van der Waals surface area contributed by atoms with Crippen LogP contribution < -0.4 is 5.73 Å². The van der Waals surface area contributed by atoms with Gasteiger partial charge < -0.3 is 10.6 Å². The second-order valence-electron chi connectivity index (χ2n) is 7.53. The summed E-state index contributed by atoms with van der Waals surface area (Å²) in [6.45, 7) is 2.65. The second kappa shape index (κ2) is 5.50. The number of benzene rings is 2. The van der Waals surface area contributed by atoms with Crippen LogP contribution in [0.15, 0.2) is 24.3 Å². The van der Waals surface area contributed by atoms with Gasteiger partial charge in [0, 0.05) is 28.9 Å². The first-order chi connectivity index (χ1) is 13.0. The molecule has 0 unspecified atom stereocenters. The highest BCUT2D eigenvalue weighted by Gasteiger charge is 2.45. The largest absolute Gasteiger partial charge is 0.393 e. The van der Waals surface area contributed by atoms with Crippen molar-refractivity contribution in [2.45, 2.75) is 18.9 Å². The van der Waals surface area contributed by atoms with E-state index in [1.807, 2.05) is 0 Å². The smallest absolute Gasteiger partial charge is 0.293 e. The molecule has 2 N–H and O–H groups in total. The van der Waals surface area contributed by atoms with E-state index in [9.17, 15) is 19.7 Å². The predicted molar refractivity (Wildman–Crippen MR) is 98.5 cm³/mol. The third-order valence-corrected chi connectivity index (χ3v) is 6.23. The summed E-state index contributed by atoms with van der Waals surface area (Å²) in [7, 11) is 0. The molecule has 0 aliphatic carbocycles. The molecule has 0 radical (unpaired) electrons. The third-order valence-electron chi connectivity index (χ3n) is 6.23. The van der Waals surface area contributed by atoms with Crippen LogP contribution in [-0.4, -0.2) is 52.2 Å². The fourth-order valence-corrected chi connectivity index (χ4v) is 4.87. The number of nitro groups is 1. The molecule has 4 heterocycles. The predicted octanol–water partition coefficient (Wildman–Crippen LogP) is 2.02. The number of carbonyl (C=O) groups is 2. The van der Waals surface area contributed by atoms with E-state index in [0.29, 0.717) is 22.9 Å². The highest BCUT2D eigenvalue weighted by Crippen LogP contribution is 2.41. The van der Waals surface area contributed by atoms with Crippen molar-refractivity contribution in [3.05, 3.63) is 45.5 Å². The molecule has 2 bridgehead atoms. The van der Waals surface area contributed by atoms with Crippen LogP contribution in [0.2, 0.25) is 0 Å². The van der Waals surface area contributed by atoms with Crippen LogP contribution in [0.4, 0.5) is 11.4 Å². The van der Waals surface area contributed by atoms with Crippen molar-refractivity contribution in [1.29, 1.82) is 0 Å². The van der Waals surface area contributed by atoms with Crippen molar-refractivity contribution >= 4 is 34.0 Å². The molecule has 1 atom stereocenters. The van der Waals surface area contributed by atoms with E-state index in [1.54, 1.807) is 18.2 Å². The maximum absolute atomic E-state index is 13.3. The Morgan fingerprint density at radius 2 is 1.81 bits per heavy atom. The van der Waals surface area contributed by atoms with Crippen molar-refractivity contribution < 1.29 is 14.5 Å². The lowest BCUT2D eigenvalue weighted by Crippen LogP contribution is -2.60. The second-order valence-corrected chi connectivity index (χ2v) is 7.53. The van der Waals surface area contributed by atoms with Gasteiger partial charge in [0.1, 0.15) is 5.69 Å². The summed E-state index contributed by atoms with van der Waals surface area (Å²) >= 11 is 0. The zero-order chi connectivity index (χ0) is 18.9. The van der Waals surface area contributed by atoms with E-state index in [1.165, 1.54) is 11.0 Å². The number of hydrogen-bond acceptors (Lipinski definition) is 6. The fraction of sp³-hybridized carbons (Fsp3) is 0.368. The lowest BCUT2D eigenvalue weighted by Gasteiger charge is -2.49. The monoisotopic (exact) mass is 366 g/mol. The van der Waals surface area contributed by atoms with Crippen LogP contribution in [0.5, 0.6) is 0 Å². The van der Waals surface area contributed by atoms with Crippen molar-refractivity contribution in [3.8, 4) is 0 Å². The zero-order valence-corrected chi connectivity index (χ0v) is 14.6. The van der Waals surface area contributed by atoms with Gasteiger partial charge in [-0.2, -0.15) is 0 Å². The highest BCUT2D eigenvalue weighted by molar-refractivity contribution is 6.27. The quantitative estimate of drug-likeness (QED) is 0.377. The number of nitrogens with two attached hydrogens (primary N) is 1. The van der Waals surface area contributed by atoms with Crippen LogP contribution in [0.1, 0.15) is 33.6 Å². The average Bonchev–Trinajstić information content (AvgIpc) is 2.68. The Morgan fingerprint density at radius 3 is 2.44 bits per heavy atom. The van der Waals surface area contributed by atoms with Gasteiger partial charge in [-0.3, -0.25) is 24.6 Å². The molecule has 0 spiro atoms. The summed E-state index contributed by atoms with van der Waals surface area (Å²) < 4.78 is 0. The topological polar surface area (TPSA) is 110 Å². The molecule has 138 valence electrons. The standard InChI is InChI=1S/C19H18N4O4/c20-17-11-2-1-3-12-16(11)13(8-14(17)23(26)27)19(25)22(18(12)24)15-9-21-6-4-10(15)5-7-21/h1-3,8,10,15H,4-7,9,20H2/t15-/m0/s1. The van der Waals surface area contributed by atoms with Crippen molar-refractivity contribution in [2.24, 2.45) is 5.92 Å². The van der Waals surface area contributed by atoms with E-state index in [-0.39, 0.29) is 34.8 Å². The SMILES string of the molecule is Nc1c([N+](=O)[O-])cc2c3c(cccc13)C(=O)N([C@H]1CN3CCC1CC3)C2=O. The highest BCUT2D eigenvalue weighted by atomic mass is 16.6. The summed E-state index contributed by atoms with van der Waals surface area (Å²) in [6, 6.07) is 5.98. The molecule has 2 aromatic carbocycles. The summed E-state index contributed by atoms with van der Waals surface area (Å²) in [5.74, 6) is -0.497. The maximum Gasteiger partial charge on any atom is 0.293 e. The van der Waals surface area contributed by atoms with E-state index in [4.69, 9.17) is 5.73 Å². The molecular formula is C19H18N4O4. The van der Waals surface area contributed by atoms with Gasteiger partial charge in [0.25, 0.3) is 17.5 Å². The van der Waals surface area contributed by atoms with E-state index in [0.717, 1.165) is 25.9 Å². The Balaban J connectivity index is 1.71. The molecule has 3 fully saturated rings. The molecule has 4 aliphatic heterocycles. The van der Waals surface area contributed by atoms with Crippen LogP contribution in [-0.2, 0) is 0 Å². The molecule has 2 aromatic rings. The molecule has 0 saturated carbocycles. The molecular weight excluding hydrogens is 348 g/mol. The molecule has 4 aliphatic rings. The Bertz CT molecular complexity index is 1030. The molecule has 27 heavy (non-hydrogen) atoms. The molecule has 2 amide bonds. The van der Waals surface area contributed by atoms with Crippen LogP contribution in [0.3, 0.4) is 0 Å². The molecule has 6 rings (SSSR count). The van der Waals surface area contributed by atoms with E-state index >= 15 is 0 Å². The van der Waals surface area contributed by atoms with Gasteiger partial charge in [0.15, 0.2) is 0 Å². The minimum absolute atomic E-state index is 0.0162. The van der Waals surface area contributed by atoms with Gasteiger partial charge in [-0.15, -0.1) is 0 Å². The zero-order valence-electron chi connectivity index (χ0n) is 14.6. The Hall–Kier alpha value is -3.00. The number of rotatable bonds is 2. The van der Waals surface area contributed by atoms with Gasteiger partial charge in [-0.1, -0.05) is 12.1 Å². The van der Waals surface area contributed by atoms with Gasteiger partial charge >= 0.3 is 0 Å². The summed E-state index contributed by atoms with van der Waals surface area (Å²) in [5, 5.41) is 12.2. The lowest BCUT2D eigenvalue weighted by atomic mass is 9.81. The first kappa shape index (κ1) is 16.2. The minimum atomic E-state index is -0.583. The van der Waals surface area contributed by atoms with Crippen LogP contribution in [0.25, 0.3) is 10.8 Å². The average molecular weight is 366 g/mol. The normalized spacial score (nSPS) is 26.7. The Morgan fingerprint density at radius 1 is 1.11 bits per heavy atom. The van der Waals surface area contributed by atoms with Crippen molar-refractivity contribution in [3.63, 3.8) is 0 Å².